The molecule has 1 amide bonds. The van der Waals surface area contributed by atoms with Crippen molar-refractivity contribution in [2.24, 2.45) is 0 Å². The molecule has 2 unspecified atom stereocenters. The fourth-order valence-electron chi connectivity index (χ4n) is 1.61. The highest BCUT2D eigenvalue weighted by molar-refractivity contribution is 9.10. The molecule has 1 aromatic rings. The third-order valence-corrected chi connectivity index (χ3v) is 3.28. The molecule has 0 aliphatic heterocycles. The van der Waals surface area contributed by atoms with Crippen molar-refractivity contribution in [1.82, 2.24) is 5.32 Å². The van der Waals surface area contributed by atoms with Crippen molar-refractivity contribution in [3.8, 4) is 5.75 Å². The van der Waals surface area contributed by atoms with Gasteiger partial charge in [0.1, 0.15) is 5.75 Å². The molecule has 116 valence electrons. The molecule has 0 aliphatic rings. The lowest BCUT2D eigenvalue weighted by Crippen LogP contribution is -2.57. The Hall–Kier alpha value is -1.60. The highest BCUT2D eigenvalue weighted by atomic mass is 79.9. The van der Waals surface area contributed by atoms with Crippen LogP contribution >= 0.6 is 15.9 Å². The number of carboxylic acids is 1. The van der Waals surface area contributed by atoms with E-state index in [0.29, 0.717) is 5.75 Å². The third-order valence-electron chi connectivity index (χ3n) is 2.78. The molecule has 0 heterocycles. The molecule has 0 aliphatic carbocycles. The van der Waals surface area contributed by atoms with E-state index in [1.54, 1.807) is 25.1 Å². The maximum Gasteiger partial charge on any atom is 0.331 e. The first-order valence-electron chi connectivity index (χ1n) is 6.25. The predicted octanol–water partition coefficient (Wildman–Crippen LogP) is 1.82. The summed E-state index contributed by atoms with van der Waals surface area (Å²) in [6.07, 6.45) is -0.838. The van der Waals surface area contributed by atoms with Crippen molar-refractivity contribution in [1.29, 1.82) is 0 Å². The van der Waals surface area contributed by atoms with Gasteiger partial charge in [-0.1, -0.05) is 22.0 Å². The zero-order valence-electron chi connectivity index (χ0n) is 12.1. The highest BCUT2D eigenvalue weighted by Gasteiger charge is 2.36. The molecule has 6 nitrogen and oxygen atoms in total. The number of rotatable bonds is 7. The summed E-state index contributed by atoms with van der Waals surface area (Å²) in [6, 6.07) is 7.03. The highest BCUT2D eigenvalue weighted by Crippen LogP contribution is 2.19. The fraction of sp³-hybridized carbons (Fsp3) is 0.429. The molecule has 2 atom stereocenters. The lowest BCUT2D eigenvalue weighted by molar-refractivity contribution is -0.150. The van der Waals surface area contributed by atoms with Gasteiger partial charge in [-0.2, -0.15) is 0 Å². The molecule has 0 radical (unpaired) electrons. The number of aliphatic carboxylic acids is 1. The van der Waals surface area contributed by atoms with Gasteiger partial charge in [-0.15, -0.1) is 0 Å². The van der Waals surface area contributed by atoms with E-state index < -0.39 is 23.5 Å². The number of carbonyl (C=O) groups is 2. The lowest BCUT2D eigenvalue weighted by atomic mass is 10.0. The van der Waals surface area contributed by atoms with Gasteiger partial charge in [0.25, 0.3) is 5.91 Å². The molecule has 0 aromatic heterocycles. The predicted molar refractivity (Wildman–Crippen MR) is 80.3 cm³/mol. The van der Waals surface area contributed by atoms with Crippen LogP contribution in [-0.4, -0.2) is 42.3 Å². The van der Waals surface area contributed by atoms with Crippen molar-refractivity contribution in [2.75, 3.05) is 13.7 Å². The summed E-state index contributed by atoms with van der Waals surface area (Å²) >= 11 is 3.30. The van der Waals surface area contributed by atoms with Gasteiger partial charge in [-0.3, -0.25) is 4.79 Å². The van der Waals surface area contributed by atoms with E-state index in [0.717, 1.165) is 4.47 Å². The molecule has 0 saturated carbocycles. The quantitative estimate of drug-likeness (QED) is 0.775. The molecule has 0 spiro atoms. The van der Waals surface area contributed by atoms with Gasteiger partial charge in [0, 0.05) is 11.6 Å². The van der Waals surface area contributed by atoms with Gasteiger partial charge in [-0.25, -0.2) is 4.79 Å². The largest absolute Gasteiger partial charge is 0.481 e. The van der Waals surface area contributed by atoms with E-state index in [1.807, 2.05) is 6.07 Å². The minimum Gasteiger partial charge on any atom is -0.481 e. The first-order valence-corrected chi connectivity index (χ1v) is 7.04. The van der Waals surface area contributed by atoms with Gasteiger partial charge >= 0.3 is 5.97 Å². The van der Waals surface area contributed by atoms with Crippen LogP contribution in [0, 0.1) is 0 Å². The Bertz CT molecular complexity index is 522. The maximum atomic E-state index is 12.1. The van der Waals surface area contributed by atoms with Crippen molar-refractivity contribution in [3.05, 3.63) is 28.7 Å². The van der Waals surface area contributed by atoms with Crippen LogP contribution in [0.5, 0.6) is 5.75 Å². The number of halogens is 1. The molecular formula is C14H18BrNO5. The number of ether oxygens (including phenoxy) is 2. The number of methoxy groups -OCH3 is 1. The van der Waals surface area contributed by atoms with Crippen LogP contribution in [0.2, 0.25) is 0 Å². The van der Waals surface area contributed by atoms with Crippen LogP contribution in [-0.2, 0) is 14.3 Å². The second kappa shape index (κ2) is 7.42. The summed E-state index contributed by atoms with van der Waals surface area (Å²) in [5.41, 5.74) is -1.50. The number of carbonyl (C=O) groups excluding carboxylic acids is 1. The number of hydrogen-bond acceptors (Lipinski definition) is 4. The Balaban J connectivity index is 2.72. The van der Waals surface area contributed by atoms with E-state index in [2.05, 4.69) is 21.2 Å². The van der Waals surface area contributed by atoms with Crippen molar-refractivity contribution in [3.63, 3.8) is 0 Å². The minimum atomic E-state index is -1.50. The van der Waals surface area contributed by atoms with Gasteiger partial charge in [0.2, 0.25) is 0 Å². The molecule has 7 heteroatoms. The van der Waals surface area contributed by atoms with Gasteiger partial charge in [0.15, 0.2) is 11.6 Å². The van der Waals surface area contributed by atoms with E-state index in [4.69, 9.17) is 9.47 Å². The van der Waals surface area contributed by atoms with Crippen molar-refractivity contribution in [2.45, 2.75) is 25.5 Å². The van der Waals surface area contributed by atoms with Crippen molar-refractivity contribution < 1.29 is 24.2 Å². The normalized spacial score (nSPS) is 14.9. The van der Waals surface area contributed by atoms with E-state index in [1.165, 1.54) is 14.0 Å². The molecule has 0 bridgehead atoms. The average molecular weight is 360 g/mol. The Morgan fingerprint density at radius 2 is 2.14 bits per heavy atom. The summed E-state index contributed by atoms with van der Waals surface area (Å²) in [4.78, 5) is 23.3. The lowest BCUT2D eigenvalue weighted by Gasteiger charge is -2.27. The zero-order valence-corrected chi connectivity index (χ0v) is 13.6. The second-order valence-corrected chi connectivity index (χ2v) is 5.69. The first-order chi connectivity index (χ1) is 9.78. The fourth-order valence-corrected chi connectivity index (χ4v) is 1.99. The van der Waals surface area contributed by atoms with E-state index in [9.17, 15) is 14.7 Å². The van der Waals surface area contributed by atoms with Crippen LogP contribution < -0.4 is 10.1 Å². The number of benzene rings is 1. The minimum absolute atomic E-state index is 0.141. The van der Waals surface area contributed by atoms with Crippen LogP contribution in [0.4, 0.5) is 0 Å². The topological polar surface area (TPSA) is 84.9 Å². The van der Waals surface area contributed by atoms with Crippen LogP contribution in [0.1, 0.15) is 13.8 Å². The third kappa shape index (κ3) is 5.02. The summed E-state index contributed by atoms with van der Waals surface area (Å²) in [5.74, 6) is -1.19. The number of nitrogens with one attached hydrogen (secondary N) is 1. The molecule has 0 saturated heterocycles. The second-order valence-electron chi connectivity index (χ2n) is 4.78. The maximum absolute atomic E-state index is 12.1. The molecule has 21 heavy (non-hydrogen) atoms. The summed E-state index contributed by atoms with van der Waals surface area (Å²) in [5, 5.41) is 11.6. The number of hydrogen-bond donors (Lipinski definition) is 2. The Morgan fingerprint density at radius 1 is 1.48 bits per heavy atom. The van der Waals surface area contributed by atoms with Gasteiger partial charge < -0.3 is 19.9 Å². The smallest absolute Gasteiger partial charge is 0.331 e. The summed E-state index contributed by atoms with van der Waals surface area (Å²) in [7, 11) is 1.37. The van der Waals surface area contributed by atoms with Crippen LogP contribution in [0.25, 0.3) is 0 Å². The molecular weight excluding hydrogens is 342 g/mol. The average Bonchev–Trinajstić information content (AvgIpc) is 2.38. The van der Waals surface area contributed by atoms with Crippen LogP contribution in [0.3, 0.4) is 0 Å². The molecule has 1 rings (SSSR count). The van der Waals surface area contributed by atoms with Crippen molar-refractivity contribution >= 4 is 27.8 Å². The van der Waals surface area contributed by atoms with E-state index in [-0.39, 0.29) is 6.61 Å². The van der Waals surface area contributed by atoms with Gasteiger partial charge in [0.05, 0.1) is 6.61 Å². The summed E-state index contributed by atoms with van der Waals surface area (Å²) < 4.78 is 11.1. The SMILES string of the molecule is COCC(C)(NC(=O)C(C)Oc1cccc(Br)c1)C(=O)O. The Kier molecular flexibility index (Phi) is 6.17. The molecule has 2 N–H and O–H groups in total. The molecule has 1 aromatic carbocycles. The monoisotopic (exact) mass is 359 g/mol. The standard InChI is InChI=1S/C14H18BrNO5/c1-9(21-11-6-4-5-10(15)7-11)12(17)16-14(2,8-20-3)13(18)19/h4-7,9H,8H2,1-3H3,(H,16,17)(H,18,19). The summed E-state index contributed by atoms with van der Waals surface area (Å²) in [6.45, 7) is 2.78. The Morgan fingerprint density at radius 3 is 2.67 bits per heavy atom. The van der Waals surface area contributed by atoms with Crippen LogP contribution in [0.15, 0.2) is 28.7 Å². The van der Waals surface area contributed by atoms with E-state index >= 15 is 0 Å². The molecule has 0 fully saturated rings. The first kappa shape index (κ1) is 17.5. The Labute approximate surface area is 131 Å². The number of amides is 1. The number of carboxylic acid groups (broad SMARTS) is 1. The zero-order chi connectivity index (χ0) is 16.0. The van der Waals surface area contributed by atoms with Gasteiger partial charge in [-0.05, 0) is 32.0 Å².